The van der Waals surface area contributed by atoms with Gasteiger partial charge in [-0.2, -0.15) is 0 Å². The van der Waals surface area contributed by atoms with Crippen LogP contribution in [0, 0.1) is 0 Å². The highest BCUT2D eigenvalue weighted by atomic mass is 16.5. The third-order valence-electron chi connectivity index (χ3n) is 5.95. The maximum Gasteiger partial charge on any atom is 0.241 e. The molecule has 1 unspecified atom stereocenters. The molecule has 0 radical (unpaired) electrons. The number of para-hydroxylation sites is 1. The molecule has 0 spiro atoms. The highest BCUT2D eigenvalue weighted by Crippen LogP contribution is 2.52. The van der Waals surface area contributed by atoms with E-state index in [9.17, 15) is 4.79 Å². The molecule has 5 nitrogen and oxygen atoms in total. The van der Waals surface area contributed by atoms with E-state index in [1.54, 1.807) is 7.11 Å². The van der Waals surface area contributed by atoms with Gasteiger partial charge in [-0.05, 0) is 49.2 Å². The van der Waals surface area contributed by atoms with Crippen molar-refractivity contribution in [3.63, 3.8) is 0 Å². The van der Waals surface area contributed by atoms with Gasteiger partial charge in [-0.3, -0.25) is 4.79 Å². The Morgan fingerprint density at radius 2 is 1.90 bits per heavy atom. The summed E-state index contributed by atoms with van der Waals surface area (Å²) in [6.07, 6.45) is 4.23. The van der Waals surface area contributed by atoms with Gasteiger partial charge in [0, 0.05) is 11.1 Å². The Balaban J connectivity index is 1.73. The minimum absolute atomic E-state index is 0.0375. The van der Waals surface area contributed by atoms with Crippen LogP contribution in [0.5, 0.6) is 11.5 Å². The lowest BCUT2D eigenvalue weighted by molar-refractivity contribution is -0.118. The summed E-state index contributed by atoms with van der Waals surface area (Å²) >= 11 is 0. The van der Waals surface area contributed by atoms with E-state index in [0.717, 1.165) is 17.0 Å². The summed E-state index contributed by atoms with van der Waals surface area (Å²) in [7, 11) is 1.64. The lowest BCUT2D eigenvalue weighted by Gasteiger charge is -2.40. The van der Waals surface area contributed by atoms with Crippen molar-refractivity contribution >= 4 is 17.7 Å². The number of hydrogen-bond acceptors (Lipinski definition) is 4. The van der Waals surface area contributed by atoms with Gasteiger partial charge in [-0.15, -0.1) is 0 Å². The second-order valence-electron chi connectivity index (χ2n) is 8.45. The second-order valence-corrected chi connectivity index (χ2v) is 8.45. The summed E-state index contributed by atoms with van der Waals surface area (Å²) in [6, 6.07) is 14.2. The van der Waals surface area contributed by atoms with Crippen LogP contribution < -0.4 is 19.7 Å². The van der Waals surface area contributed by atoms with Crippen molar-refractivity contribution < 1.29 is 14.3 Å². The average Bonchev–Trinajstić information content (AvgIpc) is 3.11. The SMILES string of the molecule is COc1cc(/C=C/C23NC(=O)CN2c2ccccc2C3(C)C)ccc1OC(C)C. The fraction of sp³-hybridized carbons (Fsp3) is 0.375. The van der Waals surface area contributed by atoms with Gasteiger partial charge in [0.15, 0.2) is 11.5 Å². The normalized spacial score (nSPS) is 22.0. The molecule has 2 aromatic rings. The number of ether oxygens (including phenoxy) is 2. The molecule has 0 saturated carbocycles. The molecule has 1 atom stereocenters. The number of nitrogens with one attached hydrogen (secondary N) is 1. The zero-order valence-corrected chi connectivity index (χ0v) is 17.7. The van der Waals surface area contributed by atoms with Crippen molar-refractivity contribution in [2.75, 3.05) is 18.6 Å². The number of nitrogens with zero attached hydrogens (tertiary/aromatic N) is 1. The maximum absolute atomic E-state index is 12.4. The molecule has 2 heterocycles. The van der Waals surface area contributed by atoms with Gasteiger partial charge in [-0.25, -0.2) is 0 Å². The van der Waals surface area contributed by atoms with Crippen LogP contribution in [0.15, 0.2) is 48.5 Å². The van der Waals surface area contributed by atoms with Crippen molar-refractivity contribution in [2.45, 2.75) is 44.9 Å². The summed E-state index contributed by atoms with van der Waals surface area (Å²) in [4.78, 5) is 14.6. The van der Waals surface area contributed by atoms with Crippen LogP contribution in [0.3, 0.4) is 0 Å². The third-order valence-corrected chi connectivity index (χ3v) is 5.95. The number of carbonyl (C=O) groups is 1. The first-order valence-electron chi connectivity index (χ1n) is 10.0. The Hall–Kier alpha value is -2.95. The van der Waals surface area contributed by atoms with Crippen molar-refractivity contribution in [2.24, 2.45) is 0 Å². The third kappa shape index (κ3) is 2.96. The standard InChI is InChI=1S/C24H28N2O3/c1-16(2)29-20-11-10-17(14-21(20)28-5)12-13-24-23(3,4)18-8-6-7-9-19(18)26(24)15-22(27)25-24/h6-14,16H,15H2,1-5H3,(H,25,27)/b13-12+. The number of anilines is 1. The fourth-order valence-electron chi connectivity index (χ4n) is 4.50. The molecule has 29 heavy (non-hydrogen) atoms. The largest absolute Gasteiger partial charge is 0.493 e. The molecule has 4 rings (SSSR count). The number of hydrogen-bond donors (Lipinski definition) is 1. The Morgan fingerprint density at radius 1 is 1.14 bits per heavy atom. The van der Waals surface area contributed by atoms with Gasteiger partial charge in [0.1, 0.15) is 5.66 Å². The summed E-state index contributed by atoms with van der Waals surface area (Å²) < 4.78 is 11.3. The zero-order valence-electron chi connectivity index (χ0n) is 17.7. The van der Waals surface area contributed by atoms with Crippen LogP contribution in [0.25, 0.3) is 6.08 Å². The van der Waals surface area contributed by atoms with Crippen molar-refractivity contribution in [1.29, 1.82) is 0 Å². The van der Waals surface area contributed by atoms with Gasteiger partial charge >= 0.3 is 0 Å². The Kier molecular flexibility index (Phi) is 4.56. The zero-order chi connectivity index (χ0) is 20.8. The van der Waals surface area contributed by atoms with E-state index in [0.29, 0.717) is 12.3 Å². The summed E-state index contributed by atoms with van der Waals surface area (Å²) in [5.74, 6) is 1.46. The second kappa shape index (κ2) is 6.83. The van der Waals surface area contributed by atoms with Crippen LogP contribution in [-0.2, 0) is 10.2 Å². The van der Waals surface area contributed by atoms with Crippen molar-refractivity contribution in [3.8, 4) is 11.5 Å². The number of benzene rings is 2. The minimum atomic E-state index is -0.603. The highest BCUT2D eigenvalue weighted by molar-refractivity contribution is 5.91. The quantitative estimate of drug-likeness (QED) is 0.832. The molecule has 0 aliphatic carbocycles. The van der Waals surface area contributed by atoms with Gasteiger partial charge < -0.3 is 19.7 Å². The first-order chi connectivity index (χ1) is 13.8. The Morgan fingerprint density at radius 3 is 2.62 bits per heavy atom. The van der Waals surface area contributed by atoms with Gasteiger partial charge in [0.2, 0.25) is 5.91 Å². The van der Waals surface area contributed by atoms with Gasteiger partial charge in [0.25, 0.3) is 0 Å². The van der Waals surface area contributed by atoms with Gasteiger partial charge in [-0.1, -0.05) is 44.2 Å². The Labute approximate surface area is 172 Å². The smallest absolute Gasteiger partial charge is 0.241 e. The summed E-state index contributed by atoms with van der Waals surface area (Å²) in [5, 5.41) is 3.25. The van der Waals surface area contributed by atoms with E-state index in [1.807, 2.05) is 44.2 Å². The molecular formula is C24H28N2O3. The van der Waals surface area contributed by atoms with Crippen LogP contribution >= 0.6 is 0 Å². The molecule has 1 amide bonds. The molecule has 2 aliphatic rings. The number of methoxy groups -OCH3 is 1. The average molecular weight is 392 g/mol. The molecular weight excluding hydrogens is 364 g/mol. The van der Waals surface area contributed by atoms with Crippen molar-refractivity contribution in [3.05, 3.63) is 59.7 Å². The van der Waals surface area contributed by atoms with E-state index in [1.165, 1.54) is 5.56 Å². The Bertz CT molecular complexity index is 980. The van der Waals surface area contributed by atoms with E-state index in [4.69, 9.17) is 9.47 Å². The van der Waals surface area contributed by atoms with Crippen LogP contribution in [0.4, 0.5) is 5.69 Å². The topological polar surface area (TPSA) is 50.8 Å². The molecule has 5 heteroatoms. The minimum Gasteiger partial charge on any atom is -0.493 e. The molecule has 1 N–H and O–H groups in total. The van der Waals surface area contributed by atoms with E-state index < -0.39 is 5.66 Å². The highest BCUT2D eigenvalue weighted by Gasteiger charge is 2.59. The van der Waals surface area contributed by atoms with Crippen LogP contribution in [-0.4, -0.2) is 31.3 Å². The first-order valence-corrected chi connectivity index (χ1v) is 10.0. The van der Waals surface area contributed by atoms with E-state index >= 15 is 0 Å². The molecule has 2 aliphatic heterocycles. The van der Waals surface area contributed by atoms with Crippen LogP contribution in [0.1, 0.15) is 38.8 Å². The molecule has 152 valence electrons. The number of carbonyl (C=O) groups excluding carboxylic acids is 1. The number of fused-ring (bicyclic) bond motifs is 3. The van der Waals surface area contributed by atoms with E-state index in [-0.39, 0.29) is 17.4 Å². The predicted octanol–water partition coefficient (Wildman–Crippen LogP) is 4.12. The lowest BCUT2D eigenvalue weighted by atomic mass is 9.75. The van der Waals surface area contributed by atoms with Crippen LogP contribution in [0.2, 0.25) is 0 Å². The van der Waals surface area contributed by atoms with Gasteiger partial charge in [0.05, 0.1) is 19.8 Å². The summed E-state index contributed by atoms with van der Waals surface area (Å²) in [5.41, 5.74) is 2.45. The molecule has 2 aromatic carbocycles. The fourth-order valence-corrected chi connectivity index (χ4v) is 4.50. The van der Waals surface area contributed by atoms with E-state index in [2.05, 4.69) is 48.3 Å². The maximum atomic E-state index is 12.4. The number of amides is 1. The predicted molar refractivity (Wildman–Crippen MR) is 115 cm³/mol. The molecule has 0 bridgehead atoms. The van der Waals surface area contributed by atoms with Crippen molar-refractivity contribution in [1.82, 2.24) is 5.32 Å². The molecule has 1 saturated heterocycles. The first kappa shape index (κ1) is 19.4. The number of rotatable bonds is 5. The molecule has 1 fully saturated rings. The summed E-state index contributed by atoms with van der Waals surface area (Å²) in [6.45, 7) is 8.70. The lowest BCUT2D eigenvalue weighted by Crippen LogP contribution is -2.58. The molecule has 0 aromatic heterocycles. The monoisotopic (exact) mass is 392 g/mol.